The number of fused-ring (bicyclic) bond motifs is 1. The highest BCUT2D eigenvalue weighted by atomic mass is 32.2. The average molecular weight is 277 g/mol. The van der Waals surface area contributed by atoms with Gasteiger partial charge in [0.1, 0.15) is 0 Å². The molecule has 0 saturated heterocycles. The van der Waals surface area contributed by atoms with Gasteiger partial charge in [-0.15, -0.1) is 0 Å². The first-order valence-corrected chi connectivity index (χ1v) is 7.51. The maximum absolute atomic E-state index is 10.2. The molecule has 0 aliphatic carbocycles. The molecule has 4 nitrogen and oxygen atoms in total. The molecule has 19 heavy (non-hydrogen) atoms. The minimum absolute atomic E-state index is 0.488. The molecule has 4 N–H and O–H groups in total. The van der Waals surface area contributed by atoms with Crippen LogP contribution in [0.15, 0.2) is 30.5 Å². The number of rotatable bonds is 5. The van der Waals surface area contributed by atoms with Crippen LogP contribution in [0.2, 0.25) is 0 Å². The van der Waals surface area contributed by atoms with Gasteiger partial charge < -0.3 is 16.2 Å². The van der Waals surface area contributed by atoms with Gasteiger partial charge in [0.2, 0.25) is 0 Å². The average Bonchev–Trinajstić information content (AvgIpc) is 2.38. The molecule has 2 aromatic rings. The van der Waals surface area contributed by atoms with Crippen molar-refractivity contribution in [1.29, 1.82) is 0 Å². The van der Waals surface area contributed by atoms with Gasteiger partial charge >= 0.3 is 0 Å². The Hall–Kier alpha value is -1.46. The summed E-state index contributed by atoms with van der Waals surface area (Å²) in [5.41, 5.74) is 7.57. The van der Waals surface area contributed by atoms with Crippen molar-refractivity contribution in [2.24, 2.45) is 0 Å². The zero-order valence-corrected chi connectivity index (χ0v) is 12.0. The fourth-order valence-electron chi connectivity index (χ4n) is 2.00. The topological polar surface area (TPSA) is 71.2 Å². The third-order valence-corrected chi connectivity index (χ3v) is 3.83. The van der Waals surface area contributed by atoms with Crippen molar-refractivity contribution >= 4 is 34.0 Å². The third-order valence-electron chi connectivity index (χ3n) is 2.92. The molecular weight excluding hydrogens is 258 g/mol. The number of aliphatic hydroxyl groups is 1. The van der Waals surface area contributed by atoms with E-state index in [2.05, 4.69) is 10.3 Å². The Morgan fingerprint density at radius 1 is 1.42 bits per heavy atom. The quantitative estimate of drug-likeness (QED) is 0.732. The van der Waals surface area contributed by atoms with Gasteiger partial charge in [-0.2, -0.15) is 11.8 Å². The lowest BCUT2D eigenvalue weighted by molar-refractivity contribution is 0.0997. The molecule has 0 spiro atoms. The van der Waals surface area contributed by atoms with Crippen molar-refractivity contribution in [3.05, 3.63) is 30.5 Å². The molecule has 0 radical (unpaired) electrons. The van der Waals surface area contributed by atoms with Crippen LogP contribution in [0.5, 0.6) is 0 Å². The molecule has 0 bridgehead atoms. The van der Waals surface area contributed by atoms with Crippen molar-refractivity contribution in [3.63, 3.8) is 0 Å². The molecule has 102 valence electrons. The lowest BCUT2D eigenvalue weighted by Crippen LogP contribution is -2.36. The molecule has 0 amide bonds. The smallest absolute Gasteiger partial charge is 0.0951 e. The summed E-state index contributed by atoms with van der Waals surface area (Å²) in [5.74, 6) is 0.686. The van der Waals surface area contributed by atoms with Gasteiger partial charge in [-0.3, -0.25) is 4.98 Å². The number of nitrogens with two attached hydrogens (primary N) is 1. The summed E-state index contributed by atoms with van der Waals surface area (Å²) >= 11 is 1.63. The minimum Gasteiger partial charge on any atom is -0.397 e. The summed E-state index contributed by atoms with van der Waals surface area (Å²) < 4.78 is 0. The molecule has 1 aromatic heterocycles. The van der Waals surface area contributed by atoms with E-state index in [1.165, 1.54) is 0 Å². The van der Waals surface area contributed by atoms with Crippen LogP contribution in [0.1, 0.15) is 6.92 Å². The largest absolute Gasteiger partial charge is 0.397 e. The summed E-state index contributed by atoms with van der Waals surface area (Å²) in [4.78, 5) is 4.29. The second-order valence-corrected chi connectivity index (χ2v) is 5.75. The van der Waals surface area contributed by atoms with Crippen molar-refractivity contribution in [1.82, 2.24) is 4.98 Å². The number of nitrogens with zero attached hydrogens (tertiary/aromatic N) is 1. The van der Waals surface area contributed by atoms with Crippen molar-refractivity contribution in [2.75, 3.05) is 29.6 Å². The number of hydrogen-bond acceptors (Lipinski definition) is 5. The Kier molecular flexibility index (Phi) is 4.17. The van der Waals surface area contributed by atoms with Gasteiger partial charge in [0.05, 0.1) is 16.8 Å². The lowest BCUT2D eigenvalue weighted by atomic mass is 10.1. The molecular formula is C14H19N3OS. The second kappa shape index (κ2) is 5.67. The number of anilines is 2. The van der Waals surface area contributed by atoms with E-state index in [4.69, 9.17) is 5.73 Å². The zero-order chi connectivity index (χ0) is 13.9. The third kappa shape index (κ3) is 3.30. The molecule has 0 fully saturated rings. The first kappa shape index (κ1) is 14.0. The normalized spacial score (nSPS) is 14.3. The fourth-order valence-corrected chi connectivity index (χ4v) is 2.72. The van der Waals surface area contributed by atoms with E-state index >= 15 is 0 Å². The van der Waals surface area contributed by atoms with Crippen LogP contribution in [0.3, 0.4) is 0 Å². The molecule has 2 rings (SSSR count). The van der Waals surface area contributed by atoms with E-state index in [-0.39, 0.29) is 0 Å². The summed E-state index contributed by atoms with van der Waals surface area (Å²) in [6, 6.07) is 7.62. The molecule has 1 atom stereocenters. The molecule has 0 saturated carbocycles. The number of pyridine rings is 1. The molecule has 0 aliphatic heterocycles. The Morgan fingerprint density at radius 2 is 2.21 bits per heavy atom. The van der Waals surface area contributed by atoms with Gasteiger partial charge in [0.15, 0.2) is 0 Å². The minimum atomic E-state index is -0.741. The van der Waals surface area contributed by atoms with Crippen molar-refractivity contribution in [3.8, 4) is 0 Å². The summed E-state index contributed by atoms with van der Waals surface area (Å²) in [6.07, 6.45) is 3.71. The molecule has 5 heteroatoms. The first-order valence-electron chi connectivity index (χ1n) is 6.12. The fraction of sp³-hybridized carbons (Fsp3) is 0.357. The SMILES string of the molecule is CSCC(C)(O)CNc1ccc(N)c2ncccc12. The molecule has 1 aromatic carbocycles. The van der Waals surface area contributed by atoms with Crippen molar-refractivity contribution in [2.45, 2.75) is 12.5 Å². The van der Waals surface area contributed by atoms with E-state index in [0.717, 1.165) is 16.6 Å². The first-order chi connectivity index (χ1) is 9.03. The van der Waals surface area contributed by atoms with Crippen LogP contribution in [-0.2, 0) is 0 Å². The van der Waals surface area contributed by atoms with Gasteiger partial charge in [-0.05, 0) is 37.4 Å². The Bertz CT molecular complexity index is 572. The number of hydrogen-bond donors (Lipinski definition) is 3. The van der Waals surface area contributed by atoms with Crippen LogP contribution >= 0.6 is 11.8 Å². The van der Waals surface area contributed by atoms with Crippen LogP contribution in [-0.4, -0.2) is 34.2 Å². The van der Waals surface area contributed by atoms with Gasteiger partial charge in [0, 0.05) is 29.6 Å². The Labute approximate surface area is 117 Å². The van der Waals surface area contributed by atoms with E-state index < -0.39 is 5.60 Å². The van der Waals surface area contributed by atoms with Crippen molar-refractivity contribution < 1.29 is 5.11 Å². The Morgan fingerprint density at radius 3 is 2.95 bits per heavy atom. The maximum atomic E-state index is 10.2. The number of benzene rings is 1. The summed E-state index contributed by atoms with van der Waals surface area (Å²) in [6.45, 7) is 2.32. The van der Waals surface area contributed by atoms with Crippen LogP contribution in [0.4, 0.5) is 11.4 Å². The Balaban J connectivity index is 2.24. The highest BCUT2D eigenvalue weighted by Gasteiger charge is 2.19. The molecule has 0 aliphatic rings. The summed E-state index contributed by atoms with van der Waals surface area (Å²) in [5, 5.41) is 14.4. The molecule has 1 heterocycles. The van der Waals surface area contributed by atoms with Gasteiger partial charge in [-0.1, -0.05) is 0 Å². The maximum Gasteiger partial charge on any atom is 0.0951 e. The second-order valence-electron chi connectivity index (χ2n) is 4.89. The van der Waals surface area contributed by atoms with Crippen LogP contribution in [0, 0.1) is 0 Å². The highest BCUT2D eigenvalue weighted by molar-refractivity contribution is 7.98. The molecule has 1 unspecified atom stereocenters. The number of nitrogens with one attached hydrogen (secondary N) is 1. The number of thioether (sulfide) groups is 1. The monoisotopic (exact) mass is 277 g/mol. The van der Waals surface area contributed by atoms with Gasteiger partial charge in [0.25, 0.3) is 0 Å². The number of aromatic nitrogens is 1. The highest BCUT2D eigenvalue weighted by Crippen LogP contribution is 2.26. The lowest BCUT2D eigenvalue weighted by Gasteiger charge is -2.23. The number of nitrogen functional groups attached to an aromatic ring is 1. The van der Waals surface area contributed by atoms with E-state index in [1.54, 1.807) is 18.0 Å². The van der Waals surface area contributed by atoms with Gasteiger partial charge in [-0.25, -0.2) is 0 Å². The predicted octanol–water partition coefficient (Wildman–Crippen LogP) is 2.34. The van der Waals surface area contributed by atoms with E-state index in [1.807, 2.05) is 37.4 Å². The van der Waals surface area contributed by atoms with Crippen LogP contribution < -0.4 is 11.1 Å². The van der Waals surface area contributed by atoms with Crippen LogP contribution in [0.25, 0.3) is 10.9 Å². The van der Waals surface area contributed by atoms with E-state index in [9.17, 15) is 5.11 Å². The zero-order valence-electron chi connectivity index (χ0n) is 11.2. The standard InChI is InChI=1S/C14H19N3OS/c1-14(18,9-19-2)8-17-12-6-5-11(15)13-10(12)4-3-7-16-13/h3-7,17-18H,8-9,15H2,1-2H3. The summed E-state index contributed by atoms with van der Waals surface area (Å²) in [7, 11) is 0. The van der Waals surface area contributed by atoms with E-state index in [0.29, 0.717) is 18.0 Å². The predicted molar refractivity (Wildman–Crippen MR) is 83.7 cm³/mol.